The lowest BCUT2D eigenvalue weighted by atomic mass is 9.76. The molecule has 10 nitrogen and oxygen atoms in total. The van der Waals surface area contributed by atoms with Crippen molar-refractivity contribution in [2.45, 2.75) is 44.3 Å². The van der Waals surface area contributed by atoms with Crippen LogP contribution in [0.1, 0.15) is 54.6 Å². The Balaban J connectivity index is 2.16. The number of benzene rings is 1. The zero-order valence-electron chi connectivity index (χ0n) is 17.1. The minimum absolute atomic E-state index is 0.0823. The fraction of sp³-hybridized carbons (Fsp3) is 0.381. The number of carboxylic acids is 2. The Kier molecular flexibility index (Phi) is 5.23. The van der Waals surface area contributed by atoms with Crippen LogP contribution in [-0.2, 0) is 19.9 Å². The number of rotatable bonds is 6. The van der Waals surface area contributed by atoms with Gasteiger partial charge in [0.25, 0.3) is 11.6 Å². The van der Waals surface area contributed by atoms with E-state index in [0.29, 0.717) is 12.0 Å². The summed E-state index contributed by atoms with van der Waals surface area (Å²) in [4.78, 5) is 51.4. The highest BCUT2D eigenvalue weighted by atomic mass is 16.4. The van der Waals surface area contributed by atoms with E-state index in [1.807, 2.05) is 6.08 Å². The Bertz CT molecular complexity index is 1040. The SMILES string of the molecule is CC1(C)CC=C(c2cc(C3(C(=O)O)C=NC(C(N)=O)(C(=O)O)N3)ccc2C(N)=O)CC1. The van der Waals surface area contributed by atoms with Crippen molar-refractivity contribution < 1.29 is 29.4 Å². The van der Waals surface area contributed by atoms with Crippen molar-refractivity contribution in [3.05, 3.63) is 41.0 Å². The van der Waals surface area contributed by atoms with Gasteiger partial charge in [-0.05, 0) is 53.5 Å². The highest BCUT2D eigenvalue weighted by molar-refractivity contribution is 6.13. The van der Waals surface area contributed by atoms with Crippen molar-refractivity contribution in [2.75, 3.05) is 0 Å². The zero-order valence-corrected chi connectivity index (χ0v) is 17.1. The van der Waals surface area contributed by atoms with Crippen LogP contribution in [0.5, 0.6) is 0 Å². The van der Waals surface area contributed by atoms with Gasteiger partial charge in [0.1, 0.15) is 0 Å². The average molecular weight is 428 g/mol. The standard InChI is InChI=1S/C21H24N4O6/c1-19(2)7-5-11(6-8-19)14-9-12(3-4-13(14)15(22)26)20(17(28)29)10-24-21(25-20,16(23)27)18(30)31/h3-5,9-10,25H,6-8H2,1-2H3,(H2,22,26)(H2,23,27)(H,28,29)(H,30,31). The molecule has 31 heavy (non-hydrogen) atoms. The largest absolute Gasteiger partial charge is 0.479 e. The number of carboxylic acid groups (broad SMARTS) is 2. The Morgan fingerprint density at radius 3 is 2.23 bits per heavy atom. The fourth-order valence-electron chi connectivity index (χ4n) is 3.85. The molecule has 1 aliphatic carbocycles. The van der Waals surface area contributed by atoms with E-state index >= 15 is 0 Å². The van der Waals surface area contributed by atoms with Gasteiger partial charge in [-0.15, -0.1) is 0 Å². The maximum Gasteiger partial charge on any atom is 0.356 e. The van der Waals surface area contributed by atoms with E-state index in [4.69, 9.17) is 11.5 Å². The average Bonchev–Trinajstić information content (AvgIpc) is 3.11. The summed E-state index contributed by atoms with van der Waals surface area (Å²) < 4.78 is 0. The lowest BCUT2D eigenvalue weighted by Crippen LogP contribution is -2.64. The van der Waals surface area contributed by atoms with Crippen molar-refractivity contribution >= 4 is 35.5 Å². The van der Waals surface area contributed by atoms with Gasteiger partial charge >= 0.3 is 11.9 Å². The molecule has 0 bridgehead atoms. The molecule has 0 saturated carbocycles. The van der Waals surface area contributed by atoms with Gasteiger partial charge in [-0.2, -0.15) is 0 Å². The summed E-state index contributed by atoms with van der Waals surface area (Å²) in [6.45, 7) is 4.25. The van der Waals surface area contributed by atoms with Crippen LogP contribution in [0.15, 0.2) is 29.3 Å². The van der Waals surface area contributed by atoms with Crippen LogP contribution in [0.25, 0.3) is 5.57 Å². The number of amides is 2. The van der Waals surface area contributed by atoms with Crippen LogP contribution in [-0.4, -0.2) is 45.8 Å². The lowest BCUT2D eigenvalue weighted by Gasteiger charge is -2.31. The molecule has 10 heteroatoms. The number of allylic oxidation sites excluding steroid dienone is 2. The Labute approximate surface area is 178 Å². The van der Waals surface area contributed by atoms with Crippen LogP contribution in [0, 0.1) is 5.41 Å². The minimum Gasteiger partial charge on any atom is -0.479 e. The Hall–Kier alpha value is -3.53. The van der Waals surface area contributed by atoms with Gasteiger partial charge < -0.3 is 21.7 Å². The first-order chi connectivity index (χ1) is 14.3. The molecule has 0 radical (unpaired) electrons. The topological polar surface area (TPSA) is 185 Å². The number of nitrogens with zero attached hydrogens (tertiary/aromatic N) is 1. The van der Waals surface area contributed by atoms with Crippen LogP contribution in [0.3, 0.4) is 0 Å². The third-order valence-electron chi connectivity index (χ3n) is 5.89. The van der Waals surface area contributed by atoms with E-state index in [1.165, 1.54) is 18.2 Å². The smallest absolute Gasteiger partial charge is 0.356 e. The van der Waals surface area contributed by atoms with E-state index in [0.717, 1.165) is 24.6 Å². The molecule has 164 valence electrons. The molecule has 0 saturated heterocycles. The molecule has 2 amide bonds. The third kappa shape index (κ3) is 3.59. The predicted molar refractivity (Wildman–Crippen MR) is 111 cm³/mol. The molecule has 2 unspecified atom stereocenters. The summed E-state index contributed by atoms with van der Waals surface area (Å²) in [7, 11) is 0. The number of hydrogen-bond donors (Lipinski definition) is 5. The molecule has 0 aromatic heterocycles. The minimum atomic E-state index is -2.63. The monoisotopic (exact) mass is 428 g/mol. The number of aliphatic imine (C=N–C) groups is 1. The van der Waals surface area contributed by atoms with Crippen molar-refractivity contribution in [2.24, 2.45) is 21.9 Å². The maximum atomic E-state index is 12.2. The summed E-state index contributed by atoms with van der Waals surface area (Å²) in [6, 6.07) is 4.19. The third-order valence-corrected chi connectivity index (χ3v) is 5.89. The Morgan fingerprint density at radius 2 is 1.77 bits per heavy atom. The molecular formula is C21H24N4O6. The molecule has 2 atom stereocenters. The fourth-order valence-corrected chi connectivity index (χ4v) is 3.85. The van der Waals surface area contributed by atoms with Crippen LogP contribution < -0.4 is 16.8 Å². The normalized spacial score (nSPS) is 26.8. The molecule has 7 N–H and O–H groups in total. The number of nitrogens with two attached hydrogens (primary N) is 2. The molecule has 0 fully saturated rings. The predicted octanol–water partition coefficient (Wildman–Crippen LogP) is 0.599. The first-order valence-corrected chi connectivity index (χ1v) is 9.61. The highest BCUT2D eigenvalue weighted by Crippen LogP contribution is 2.40. The summed E-state index contributed by atoms with van der Waals surface area (Å²) in [6.07, 6.45) is 5.10. The van der Waals surface area contributed by atoms with E-state index in [1.54, 1.807) is 0 Å². The molecule has 1 heterocycles. The maximum absolute atomic E-state index is 12.2. The molecule has 2 aliphatic rings. The number of aliphatic carboxylic acids is 2. The van der Waals surface area contributed by atoms with Crippen LogP contribution >= 0.6 is 0 Å². The van der Waals surface area contributed by atoms with Gasteiger partial charge in [0.2, 0.25) is 5.91 Å². The molecule has 1 aromatic rings. The van der Waals surface area contributed by atoms with E-state index in [9.17, 15) is 29.4 Å². The second kappa shape index (κ2) is 7.31. The highest BCUT2D eigenvalue weighted by Gasteiger charge is 2.58. The van der Waals surface area contributed by atoms with Gasteiger partial charge in [-0.25, -0.2) is 9.59 Å². The molecule has 1 aromatic carbocycles. The molecule has 3 rings (SSSR count). The summed E-state index contributed by atoms with van der Waals surface area (Å²) in [5, 5.41) is 21.7. The number of primary amides is 2. The van der Waals surface area contributed by atoms with Gasteiger partial charge in [-0.1, -0.05) is 26.0 Å². The first-order valence-electron chi connectivity index (χ1n) is 9.61. The number of carbonyl (C=O) groups is 4. The van der Waals surface area contributed by atoms with Crippen LogP contribution in [0.4, 0.5) is 0 Å². The quantitative estimate of drug-likeness (QED) is 0.410. The zero-order chi connectivity index (χ0) is 23.2. The molecule has 1 aliphatic heterocycles. The van der Waals surface area contributed by atoms with Gasteiger partial charge in [-0.3, -0.25) is 19.9 Å². The first kappa shape index (κ1) is 22.2. The molecule has 0 spiro atoms. The van der Waals surface area contributed by atoms with Gasteiger partial charge in [0, 0.05) is 11.8 Å². The van der Waals surface area contributed by atoms with Crippen molar-refractivity contribution in [3.8, 4) is 0 Å². The summed E-state index contributed by atoms with van der Waals surface area (Å²) >= 11 is 0. The van der Waals surface area contributed by atoms with E-state index in [-0.39, 0.29) is 16.5 Å². The van der Waals surface area contributed by atoms with Crippen molar-refractivity contribution in [1.82, 2.24) is 5.32 Å². The number of carbonyl (C=O) groups excluding carboxylic acids is 2. The second-order valence-electron chi connectivity index (χ2n) is 8.60. The number of nitrogens with one attached hydrogen (secondary N) is 1. The Morgan fingerprint density at radius 1 is 1.10 bits per heavy atom. The van der Waals surface area contributed by atoms with Crippen molar-refractivity contribution in [3.63, 3.8) is 0 Å². The summed E-state index contributed by atoms with van der Waals surface area (Å²) in [5.41, 5.74) is 7.65. The number of hydrogen-bond acceptors (Lipinski definition) is 6. The molecular weight excluding hydrogens is 404 g/mol. The van der Waals surface area contributed by atoms with Crippen molar-refractivity contribution in [1.29, 1.82) is 0 Å². The second-order valence-corrected chi connectivity index (χ2v) is 8.60. The van der Waals surface area contributed by atoms with E-state index in [2.05, 4.69) is 24.2 Å². The van der Waals surface area contributed by atoms with Gasteiger partial charge in [0.05, 0.1) is 0 Å². The summed E-state index contributed by atoms with van der Waals surface area (Å²) in [5.74, 6) is -5.25. The van der Waals surface area contributed by atoms with Crippen LogP contribution in [0.2, 0.25) is 0 Å². The lowest BCUT2D eigenvalue weighted by molar-refractivity contribution is -0.151. The van der Waals surface area contributed by atoms with Gasteiger partial charge in [0.15, 0.2) is 5.54 Å². The van der Waals surface area contributed by atoms with E-state index < -0.39 is 35.0 Å².